The minimum Gasteiger partial charge on any atom is -0.381 e. The fourth-order valence-electron chi connectivity index (χ4n) is 7.08. The molecular weight excluding hydrogens is 508 g/mol. The molecule has 1 aromatic heterocycles. The van der Waals surface area contributed by atoms with E-state index >= 15 is 0 Å². The molecular formula is C35H52N4O2. The minimum absolute atomic E-state index is 0.0312. The highest BCUT2D eigenvalue weighted by molar-refractivity contribution is 5.89. The summed E-state index contributed by atoms with van der Waals surface area (Å²) in [6, 6.07) is 10.8. The first-order valence-electron chi connectivity index (χ1n) is 16.4. The second kappa shape index (κ2) is 15.2. The normalized spacial score (nSPS) is 24.7. The second-order valence-corrected chi connectivity index (χ2v) is 13.0. The number of piperazine rings is 1. The maximum absolute atomic E-state index is 12.8. The summed E-state index contributed by atoms with van der Waals surface area (Å²) in [6.45, 7) is 10.7. The third-order valence-corrected chi connectivity index (χ3v) is 9.88. The van der Waals surface area contributed by atoms with Crippen LogP contribution in [0, 0.1) is 25.7 Å². The van der Waals surface area contributed by atoms with Gasteiger partial charge in [-0.05, 0) is 106 Å². The smallest absolute Gasteiger partial charge is 0.321 e. The first-order chi connectivity index (χ1) is 20.0. The van der Waals surface area contributed by atoms with Crippen molar-refractivity contribution in [3.63, 3.8) is 0 Å². The molecule has 1 saturated carbocycles. The summed E-state index contributed by atoms with van der Waals surface area (Å²) in [5.41, 5.74) is 6.00. The first kappa shape index (κ1) is 30.0. The number of carbonyl (C=O) groups excluding carboxylic acids is 1. The van der Waals surface area contributed by atoms with E-state index in [1.54, 1.807) is 0 Å². The van der Waals surface area contributed by atoms with E-state index in [9.17, 15) is 4.79 Å². The summed E-state index contributed by atoms with van der Waals surface area (Å²) in [4.78, 5) is 22.3. The molecule has 5 rings (SSSR count). The molecule has 2 aromatic rings. The van der Waals surface area contributed by atoms with Gasteiger partial charge in [-0.1, -0.05) is 37.8 Å². The molecule has 224 valence electrons. The highest BCUT2D eigenvalue weighted by atomic mass is 16.5. The Balaban J connectivity index is 1.04. The maximum atomic E-state index is 12.8. The summed E-state index contributed by atoms with van der Waals surface area (Å²) in [7, 11) is 0. The van der Waals surface area contributed by atoms with Crippen LogP contribution in [0.25, 0.3) is 0 Å². The van der Waals surface area contributed by atoms with Gasteiger partial charge in [0.2, 0.25) is 0 Å². The van der Waals surface area contributed by atoms with Gasteiger partial charge in [0.05, 0.1) is 0 Å². The van der Waals surface area contributed by atoms with Crippen molar-refractivity contribution in [1.82, 2.24) is 14.8 Å². The number of urea groups is 1. The van der Waals surface area contributed by atoms with E-state index in [4.69, 9.17) is 9.72 Å². The maximum Gasteiger partial charge on any atom is 0.321 e. The number of aryl methyl sites for hydroxylation is 3. The monoisotopic (exact) mass is 560 g/mol. The Morgan fingerprint density at radius 1 is 0.902 bits per heavy atom. The minimum atomic E-state index is 0.0312. The van der Waals surface area contributed by atoms with E-state index in [1.807, 2.05) is 11.0 Å². The topological polar surface area (TPSA) is 57.7 Å². The predicted molar refractivity (Wildman–Crippen MR) is 168 cm³/mol. The average molecular weight is 561 g/mol. The van der Waals surface area contributed by atoms with Crippen LogP contribution in [0.4, 0.5) is 10.5 Å². The summed E-state index contributed by atoms with van der Waals surface area (Å²) in [5, 5.41) is 3.10. The van der Waals surface area contributed by atoms with Crippen LogP contribution in [-0.2, 0) is 11.2 Å². The highest BCUT2D eigenvalue weighted by Gasteiger charge is 2.26. The summed E-state index contributed by atoms with van der Waals surface area (Å²) in [6.07, 6.45) is 16.2. The molecule has 2 saturated heterocycles. The van der Waals surface area contributed by atoms with Crippen LogP contribution in [-0.4, -0.2) is 66.8 Å². The molecule has 3 aliphatic rings. The second-order valence-electron chi connectivity index (χ2n) is 13.0. The number of hydrogen-bond acceptors (Lipinski definition) is 4. The number of rotatable bonds is 7. The lowest BCUT2D eigenvalue weighted by atomic mass is 9.88. The molecule has 1 aliphatic carbocycles. The molecule has 2 unspecified atom stereocenters. The van der Waals surface area contributed by atoms with Gasteiger partial charge in [0.15, 0.2) is 0 Å². The Labute approximate surface area is 248 Å². The van der Waals surface area contributed by atoms with E-state index < -0.39 is 0 Å². The van der Waals surface area contributed by atoms with Crippen molar-refractivity contribution in [1.29, 1.82) is 0 Å². The molecule has 6 heteroatoms. The van der Waals surface area contributed by atoms with E-state index in [0.29, 0.717) is 5.92 Å². The van der Waals surface area contributed by atoms with Gasteiger partial charge in [-0.2, -0.15) is 0 Å². The zero-order chi connectivity index (χ0) is 28.4. The van der Waals surface area contributed by atoms with Crippen molar-refractivity contribution in [3.8, 4) is 0 Å². The van der Waals surface area contributed by atoms with Crippen LogP contribution in [0.15, 0.2) is 36.5 Å². The third kappa shape index (κ3) is 9.02. The molecule has 41 heavy (non-hydrogen) atoms. The summed E-state index contributed by atoms with van der Waals surface area (Å²) >= 11 is 0. The average Bonchev–Trinajstić information content (AvgIpc) is 3.19. The standard InChI is InChI=1S/C35H52N4O2/c1-27-10-14-33(23-28(27)2)37-35(40)39-19-17-38(18-20-39)26-31-8-4-3-7-29(24-31)11-12-30-13-15-34(36-25-30)32-9-5-6-21-41-22-16-32/h10,13-15,23,25,29,31-32H,3-9,11-12,16-22,24,26H2,1-2H3,(H,37,40)/t29?,31-,32?/m1/s1. The fourth-order valence-corrected chi connectivity index (χ4v) is 7.08. The molecule has 2 amide bonds. The van der Waals surface area contributed by atoms with Crippen molar-refractivity contribution in [2.24, 2.45) is 11.8 Å². The molecule has 0 spiro atoms. The number of carbonyl (C=O) groups is 1. The Bertz CT molecular complexity index is 1090. The molecule has 3 heterocycles. The molecule has 0 radical (unpaired) electrons. The largest absolute Gasteiger partial charge is 0.381 e. The number of nitrogens with one attached hydrogen (secondary N) is 1. The summed E-state index contributed by atoms with van der Waals surface area (Å²) < 4.78 is 5.71. The third-order valence-electron chi connectivity index (χ3n) is 9.88. The van der Waals surface area contributed by atoms with E-state index in [0.717, 1.165) is 69.8 Å². The van der Waals surface area contributed by atoms with Gasteiger partial charge in [0, 0.05) is 69.4 Å². The fraction of sp³-hybridized carbons (Fsp3) is 0.657. The van der Waals surface area contributed by atoms with E-state index in [2.05, 4.69) is 54.5 Å². The van der Waals surface area contributed by atoms with Crippen LogP contribution in [0.5, 0.6) is 0 Å². The lowest BCUT2D eigenvalue weighted by Crippen LogP contribution is -2.51. The van der Waals surface area contributed by atoms with Crippen LogP contribution < -0.4 is 5.32 Å². The Hall–Kier alpha value is -2.44. The van der Waals surface area contributed by atoms with Crippen molar-refractivity contribution < 1.29 is 9.53 Å². The number of amides is 2. The lowest BCUT2D eigenvalue weighted by molar-refractivity contribution is 0.110. The van der Waals surface area contributed by atoms with Crippen LogP contribution in [0.3, 0.4) is 0 Å². The molecule has 1 aromatic carbocycles. The van der Waals surface area contributed by atoms with Crippen molar-refractivity contribution in [2.45, 2.75) is 90.4 Å². The van der Waals surface area contributed by atoms with Crippen molar-refractivity contribution in [2.75, 3.05) is 51.3 Å². The molecule has 3 atom stereocenters. The van der Waals surface area contributed by atoms with E-state index in [1.165, 1.54) is 86.7 Å². The van der Waals surface area contributed by atoms with Gasteiger partial charge in [-0.15, -0.1) is 0 Å². The number of pyridine rings is 1. The number of ether oxygens (including phenoxy) is 1. The quantitative estimate of drug-likeness (QED) is 0.360. The SMILES string of the molecule is Cc1ccc(NC(=O)N2CCN(C[C@@H]3CCCCC(CCc4ccc(C5CCCCOCC5)nc4)C3)CC2)cc1C. The first-order valence-corrected chi connectivity index (χ1v) is 16.4. The summed E-state index contributed by atoms with van der Waals surface area (Å²) in [5.74, 6) is 2.15. The molecule has 1 N–H and O–H groups in total. The van der Waals surface area contributed by atoms with Gasteiger partial charge in [-0.25, -0.2) is 4.79 Å². The Kier molecular flexibility index (Phi) is 11.1. The van der Waals surface area contributed by atoms with Crippen molar-refractivity contribution >= 4 is 11.7 Å². The molecule has 0 bridgehead atoms. The Morgan fingerprint density at radius 2 is 1.71 bits per heavy atom. The van der Waals surface area contributed by atoms with Crippen LogP contribution in [0.1, 0.15) is 92.5 Å². The van der Waals surface area contributed by atoms with E-state index in [-0.39, 0.29) is 6.03 Å². The van der Waals surface area contributed by atoms with Gasteiger partial charge < -0.3 is 15.0 Å². The number of hydrogen-bond donors (Lipinski definition) is 1. The predicted octanol–water partition coefficient (Wildman–Crippen LogP) is 7.35. The zero-order valence-electron chi connectivity index (χ0n) is 25.6. The molecule has 2 aliphatic heterocycles. The molecule has 3 fully saturated rings. The number of benzene rings is 1. The van der Waals surface area contributed by atoms with Crippen LogP contribution in [0.2, 0.25) is 0 Å². The zero-order valence-corrected chi connectivity index (χ0v) is 25.6. The Morgan fingerprint density at radius 3 is 2.49 bits per heavy atom. The van der Waals surface area contributed by atoms with Gasteiger partial charge in [-0.3, -0.25) is 9.88 Å². The number of anilines is 1. The molecule has 6 nitrogen and oxygen atoms in total. The van der Waals surface area contributed by atoms with Gasteiger partial charge in [0.25, 0.3) is 0 Å². The van der Waals surface area contributed by atoms with Gasteiger partial charge in [0.1, 0.15) is 0 Å². The number of nitrogens with zero attached hydrogens (tertiary/aromatic N) is 3. The number of aromatic nitrogens is 1. The van der Waals surface area contributed by atoms with Gasteiger partial charge >= 0.3 is 6.03 Å². The van der Waals surface area contributed by atoms with Crippen molar-refractivity contribution in [3.05, 3.63) is 58.9 Å². The lowest BCUT2D eigenvalue weighted by Gasteiger charge is -2.36. The van der Waals surface area contributed by atoms with Crippen LogP contribution >= 0.6 is 0 Å². The highest BCUT2D eigenvalue weighted by Crippen LogP contribution is 2.32.